The highest BCUT2D eigenvalue weighted by molar-refractivity contribution is 8.18. The van der Waals surface area contributed by atoms with Crippen LogP contribution in [0.3, 0.4) is 0 Å². The van der Waals surface area contributed by atoms with E-state index in [1.54, 1.807) is 6.08 Å². The first-order valence-electron chi connectivity index (χ1n) is 8.90. The number of nitrogens with one attached hydrogen (secondary N) is 1. The van der Waals surface area contributed by atoms with Crippen LogP contribution in [0.5, 0.6) is 0 Å². The maximum Gasteiger partial charge on any atom is 0.273 e. The molecule has 0 bridgehead atoms. The monoisotopic (exact) mass is 419 g/mol. The summed E-state index contributed by atoms with van der Waals surface area (Å²) in [6.07, 6.45) is 1.72. The van der Waals surface area contributed by atoms with Gasteiger partial charge in [-0.1, -0.05) is 47.7 Å². The van der Waals surface area contributed by atoms with Gasteiger partial charge in [0, 0.05) is 22.8 Å². The van der Waals surface area contributed by atoms with E-state index < -0.39 is 11.8 Å². The second-order valence-electron chi connectivity index (χ2n) is 6.57. The van der Waals surface area contributed by atoms with Crippen LogP contribution in [-0.4, -0.2) is 26.9 Å². The van der Waals surface area contributed by atoms with Gasteiger partial charge in [-0.3, -0.25) is 15.0 Å². The topological polar surface area (TPSA) is 74.1 Å². The van der Waals surface area contributed by atoms with E-state index in [1.165, 1.54) is 24.2 Å². The summed E-state index contributed by atoms with van der Waals surface area (Å²) in [5.41, 5.74) is 2.83. The molecule has 1 fully saturated rings. The number of pyridine rings is 1. The number of imide groups is 1. The van der Waals surface area contributed by atoms with E-state index in [0.717, 1.165) is 43.0 Å². The van der Waals surface area contributed by atoms with Crippen molar-refractivity contribution in [3.8, 4) is 0 Å². The number of amides is 2. The summed E-state index contributed by atoms with van der Waals surface area (Å²) in [5.74, 6) is -0.922. The second-order valence-corrected chi connectivity index (χ2v) is 8.66. The van der Waals surface area contributed by atoms with Gasteiger partial charge in [0.15, 0.2) is 5.17 Å². The van der Waals surface area contributed by atoms with Gasteiger partial charge in [-0.15, -0.1) is 0 Å². The van der Waals surface area contributed by atoms with Gasteiger partial charge in [-0.05, 0) is 49.0 Å². The molecular formula is C22H17N3O2S2. The van der Waals surface area contributed by atoms with Crippen LogP contribution in [0.15, 0.2) is 69.4 Å². The van der Waals surface area contributed by atoms with Gasteiger partial charge in [0.05, 0.1) is 10.4 Å². The molecule has 4 rings (SSSR count). The van der Waals surface area contributed by atoms with Crippen LogP contribution in [-0.2, 0) is 9.59 Å². The zero-order valence-electron chi connectivity index (χ0n) is 15.8. The Morgan fingerprint density at radius 2 is 1.90 bits per heavy atom. The molecule has 7 heteroatoms. The third-order valence-electron chi connectivity index (χ3n) is 4.38. The van der Waals surface area contributed by atoms with Gasteiger partial charge < -0.3 is 0 Å². The summed E-state index contributed by atoms with van der Waals surface area (Å²) in [7, 11) is 0. The molecule has 1 aliphatic heterocycles. The van der Waals surface area contributed by atoms with Gasteiger partial charge >= 0.3 is 0 Å². The molecular weight excluding hydrogens is 402 g/mol. The van der Waals surface area contributed by atoms with Crippen molar-refractivity contribution in [2.24, 2.45) is 0 Å². The molecule has 1 N–H and O–H groups in total. The lowest BCUT2D eigenvalue weighted by atomic mass is 10.1. The number of rotatable bonds is 3. The molecule has 3 aromatic rings. The highest BCUT2D eigenvalue weighted by Gasteiger charge is 2.35. The molecule has 0 unspecified atom stereocenters. The normalized spacial score (nSPS) is 15.5. The Morgan fingerprint density at radius 3 is 2.59 bits per heavy atom. The summed E-state index contributed by atoms with van der Waals surface area (Å²) < 4.78 is 0. The van der Waals surface area contributed by atoms with Crippen molar-refractivity contribution in [3.05, 3.63) is 70.6 Å². The number of aromatic nitrogens is 1. The molecule has 1 aliphatic rings. The zero-order chi connectivity index (χ0) is 20.5. The standard InChI is InChI=1S/C22H17N3O2S2/c1-13-7-9-17(10-8-13)28-20-16(11-15-5-3-4-6-18(15)24-20)12-19-21(27)25(14(2)26)22(23)29-19/h3-12,23H,1-2H3/b19-12+,23-22?. The molecule has 144 valence electrons. The summed E-state index contributed by atoms with van der Waals surface area (Å²) in [6, 6.07) is 18.0. The summed E-state index contributed by atoms with van der Waals surface area (Å²) in [6.45, 7) is 3.32. The maximum absolute atomic E-state index is 12.6. The number of hydrogen-bond donors (Lipinski definition) is 1. The minimum absolute atomic E-state index is 0.0739. The van der Waals surface area contributed by atoms with Crippen LogP contribution in [0.2, 0.25) is 0 Å². The number of carbonyl (C=O) groups excluding carboxylic acids is 2. The molecule has 2 aromatic carbocycles. The number of aryl methyl sites for hydroxylation is 1. The van der Waals surface area contributed by atoms with Crippen LogP contribution >= 0.6 is 23.5 Å². The van der Waals surface area contributed by atoms with Crippen molar-refractivity contribution in [3.63, 3.8) is 0 Å². The number of benzene rings is 2. The summed E-state index contributed by atoms with van der Waals surface area (Å²) >= 11 is 2.51. The van der Waals surface area contributed by atoms with Crippen LogP contribution < -0.4 is 0 Å². The van der Waals surface area contributed by atoms with E-state index in [-0.39, 0.29) is 5.17 Å². The average Bonchev–Trinajstić information content (AvgIpc) is 2.97. The molecule has 1 aromatic heterocycles. The third-order valence-corrected chi connectivity index (χ3v) is 6.29. The first kappa shape index (κ1) is 19.4. The Balaban J connectivity index is 1.80. The lowest BCUT2D eigenvalue weighted by Crippen LogP contribution is -2.32. The van der Waals surface area contributed by atoms with Crippen LogP contribution in [0.25, 0.3) is 17.0 Å². The van der Waals surface area contributed by atoms with Crippen molar-refractivity contribution in [1.29, 1.82) is 5.41 Å². The van der Waals surface area contributed by atoms with Crippen molar-refractivity contribution < 1.29 is 9.59 Å². The fourth-order valence-corrected chi connectivity index (χ4v) is 4.68. The van der Waals surface area contributed by atoms with Gasteiger partial charge in [-0.25, -0.2) is 9.88 Å². The van der Waals surface area contributed by atoms with Crippen molar-refractivity contribution in [2.75, 3.05) is 0 Å². The first-order valence-corrected chi connectivity index (χ1v) is 10.5. The van der Waals surface area contributed by atoms with E-state index in [2.05, 4.69) is 0 Å². The number of hydrogen-bond acceptors (Lipinski definition) is 6. The van der Waals surface area contributed by atoms with E-state index in [9.17, 15) is 9.59 Å². The van der Waals surface area contributed by atoms with Gasteiger partial charge in [0.25, 0.3) is 5.91 Å². The minimum atomic E-state index is -0.466. The van der Waals surface area contributed by atoms with Gasteiger partial charge in [-0.2, -0.15) is 0 Å². The number of amidine groups is 1. The third kappa shape index (κ3) is 3.97. The first-order chi connectivity index (χ1) is 13.9. The Hall–Kier alpha value is -2.90. The van der Waals surface area contributed by atoms with Gasteiger partial charge in [0.2, 0.25) is 5.91 Å². The molecule has 2 amide bonds. The Bertz CT molecular complexity index is 1190. The predicted molar refractivity (Wildman–Crippen MR) is 118 cm³/mol. The fraction of sp³-hybridized carbons (Fsp3) is 0.0909. The lowest BCUT2D eigenvalue weighted by Gasteiger charge is -2.09. The SMILES string of the molecule is CC(=O)N1C(=N)S/C(=C/c2cc3ccccc3nc2Sc2ccc(C)cc2)C1=O. The van der Waals surface area contributed by atoms with Crippen molar-refractivity contribution >= 4 is 57.5 Å². The Kier molecular flexibility index (Phi) is 5.25. The predicted octanol–water partition coefficient (Wildman–Crippen LogP) is 5.09. The van der Waals surface area contributed by atoms with Gasteiger partial charge in [0.1, 0.15) is 5.03 Å². The average molecular weight is 420 g/mol. The molecule has 29 heavy (non-hydrogen) atoms. The van der Waals surface area contributed by atoms with E-state index in [4.69, 9.17) is 10.4 Å². The van der Waals surface area contributed by atoms with Crippen LogP contribution in [0, 0.1) is 12.3 Å². The largest absolute Gasteiger partial charge is 0.278 e. The fourth-order valence-electron chi connectivity index (χ4n) is 2.93. The molecule has 0 aliphatic carbocycles. The smallest absolute Gasteiger partial charge is 0.273 e. The second kappa shape index (κ2) is 7.85. The quantitative estimate of drug-likeness (QED) is 0.599. The van der Waals surface area contributed by atoms with Crippen molar-refractivity contribution in [1.82, 2.24) is 9.88 Å². The number of fused-ring (bicyclic) bond motifs is 1. The molecule has 0 radical (unpaired) electrons. The molecule has 1 saturated heterocycles. The molecule has 2 heterocycles. The highest BCUT2D eigenvalue weighted by Crippen LogP contribution is 2.36. The molecule has 0 spiro atoms. The van der Waals surface area contributed by atoms with E-state index >= 15 is 0 Å². The van der Waals surface area contributed by atoms with Crippen molar-refractivity contribution in [2.45, 2.75) is 23.8 Å². The zero-order valence-corrected chi connectivity index (χ0v) is 17.4. The number of thioether (sulfide) groups is 1. The van der Waals surface area contributed by atoms with E-state index in [0.29, 0.717) is 4.91 Å². The number of nitrogens with zero attached hydrogens (tertiary/aromatic N) is 2. The molecule has 5 nitrogen and oxygen atoms in total. The maximum atomic E-state index is 12.6. The summed E-state index contributed by atoms with van der Waals surface area (Å²) in [4.78, 5) is 31.3. The van der Waals surface area contributed by atoms with Crippen LogP contribution in [0.4, 0.5) is 0 Å². The summed E-state index contributed by atoms with van der Waals surface area (Å²) in [5, 5.41) is 9.58. The number of para-hydroxylation sites is 1. The molecule has 0 atom stereocenters. The van der Waals surface area contributed by atoms with Crippen LogP contribution in [0.1, 0.15) is 18.1 Å². The molecule has 0 saturated carbocycles. The minimum Gasteiger partial charge on any atom is -0.278 e. The number of carbonyl (C=O) groups is 2. The highest BCUT2D eigenvalue weighted by atomic mass is 32.2. The Labute approximate surface area is 176 Å². The lowest BCUT2D eigenvalue weighted by molar-refractivity contribution is -0.135. The Morgan fingerprint density at radius 1 is 1.17 bits per heavy atom. The van der Waals surface area contributed by atoms with E-state index in [1.807, 2.05) is 61.5 Å².